The lowest BCUT2D eigenvalue weighted by Gasteiger charge is -2.34. The third kappa shape index (κ3) is 14.6. The predicted molar refractivity (Wildman–Crippen MR) is 175 cm³/mol. The van der Waals surface area contributed by atoms with Crippen molar-refractivity contribution in [2.75, 3.05) is 26.2 Å². The molecule has 2 atom stereocenters. The average Bonchev–Trinajstić information content (AvgIpc) is 3.05. The number of rotatable bonds is 15. The molecule has 0 saturated carbocycles. The first-order valence-corrected chi connectivity index (χ1v) is 16.2. The molecule has 2 aromatic rings. The number of hydrogen-bond acceptors (Lipinski definition) is 8. The Morgan fingerprint density at radius 2 is 1.47 bits per heavy atom. The van der Waals surface area contributed by atoms with Crippen molar-refractivity contribution in [3.63, 3.8) is 0 Å². The Bertz CT molecular complexity index is 1300. The van der Waals surface area contributed by atoms with Gasteiger partial charge in [-0.15, -0.1) is 0 Å². The molecule has 0 aromatic heterocycles. The van der Waals surface area contributed by atoms with E-state index in [1.165, 1.54) is 0 Å². The highest BCUT2D eigenvalue weighted by atomic mass is 16.6. The van der Waals surface area contributed by atoms with E-state index in [1.807, 2.05) is 60.7 Å². The predicted octanol–water partition coefficient (Wildman–Crippen LogP) is 4.46. The van der Waals surface area contributed by atoms with Crippen molar-refractivity contribution in [2.45, 2.75) is 84.2 Å². The van der Waals surface area contributed by atoms with Gasteiger partial charge >= 0.3 is 18.2 Å². The lowest BCUT2D eigenvalue weighted by molar-refractivity contribution is -0.144. The number of hydrogen-bond donors (Lipinski definition) is 3. The zero-order valence-corrected chi connectivity index (χ0v) is 27.6. The summed E-state index contributed by atoms with van der Waals surface area (Å²) in [5, 5.41) is 8.20. The summed E-state index contributed by atoms with van der Waals surface area (Å²) >= 11 is 0. The molecular weight excluding hydrogens is 604 g/mol. The van der Waals surface area contributed by atoms with E-state index in [2.05, 4.69) is 16.0 Å². The maximum atomic E-state index is 13.6. The summed E-state index contributed by atoms with van der Waals surface area (Å²) in [5.41, 5.74) is 1.02. The smallest absolute Gasteiger partial charge is 0.408 e. The molecule has 2 aromatic carbocycles. The number of benzene rings is 2. The average molecular weight is 653 g/mol. The van der Waals surface area contributed by atoms with Crippen LogP contribution >= 0.6 is 0 Å². The van der Waals surface area contributed by atoms with Gasteiger partial charge in [-0.1, -0.05) is 60.7 Å². The molecule has 0 radical (unpaired) electrons. The molecule has 12 nitrogen and oxygen atoms in total. The van der Waals surface area contributed by atoms with E-state index in [4.69, 9.17) is 14.2 Å². The monoisotopic (exact) mass is 652 g/mol. The van der Waals surface area contributed by atoms with Crippen LogP contribution in [0.3, 0.4) is 0 Å². The molecule has 0 bridgehead atoms. The normalized spacial score (nSPS) is 15.1. The Kier molecular flexibility index (Phi) is 15.0. The molecule has 0 aliphatic carbocycles. The molecule has 47 heavy (non-hydrogen) atoms. The number of unbranched alkanes of at least 4 members (excludes halogenated alkanes) is 1. The third-order valence-electron chi connectivity index (χ3n) is 7.37. The lowest BCUT2D eigenvalue weighted by Crippen LogP contribution is -2.53. The SMILES string of the molecule is CC(C)(C)OC(=O)N[C@H](CCCCNC(=O)OCc1ccccc1)C(=O)N1CCC[C@@H](C(=O)NCCC(=O)OCc2ccccc2)C1. The number of nitrogens with zero attached hydrogens (tertiary/aromatic N) is 1. The molecule has 1 saturated heterocycles. The molecule has 4 amide bonds. The molecule has 1 aliphatic heterocycles. The summed E-state index contributed by atoms with van der Waals surface area (Å²) in [6, 6.07) is 17.8. The molecule has 0 spiro atoms. The molecule has 256 valence electrons. The van der Waals surface area contributed by atoms with Crippen LogP contribution in [0.2, 0.25) is 0 Å². The third-order valence-corrected chi connectivity index (χ3v) is 7.37. The first-order chi connectivity index (χ1) is 22.5. The van der Waals surface area contributed by atoms with Crippen LogP contribution in [-0.2, 0) is 41.8 Å². The van der Waals surface area contributed by atoms with Crippen LogP contribution in [0, 0.1) is 5.92 Å². The molecule has 1 fully saturated rings. The topological polar surface area (TPSA) is 152 Å². The van der Waals surface area contributed by atoms with E-state index in [1.54, 1.807) is 25.7 Å². The molecule has 1 aliphatic rings. The van der Waals surface area contributed by atoms with Gasteiger partial charge in [0.25, 0.3) is 0 Å². The first kappa shape index (κ1) is 36.9. The van der Waals surface area contributed by atoms with Crippen molar-refractivity contribution in [2.24, 2.45) is 5.92 Å². The summed E-state index contributed by atoms with van der Waals surface area (Å²) in [4.78, 5) is 64.9. The fraction of sp³-hybridized carbons (Fsp3) is 0.514. The van der Waals surface area contributed by atoms with Crippen molar-refractivity contribution in [3.05, 3.63) is 71.8 Å². The number of amides is 4. The van der Waals surface area contributed by atoms with E-state index in [0.29, 0.717) is 45.2 Å². The molecular formula is C35H48N4O8. The number of nitrogens with one attached hydrogen (secondary N) is 3. The van der Waals surface area contributed by atoms with Gasteiger partial charge < -0.3 is 35.1 Å². The number of esters is 1. The van der Waals surface area contributed by atoms with Gasteiger partial charge in [-0.2, -0.15) is 0 Å². The summed E-state index contributed by atoms with van der Waals surface area (Å²) in [6.07, 6.45) is 1.43. The van der Waals surface area contributed by atoms with Crippen LogP contribution in [0.5, 0.6) is 0 Å². The lowest BCUT2D eigenvalue weighted by atomic mass is 9.96. The quantitative estimate of drug-likeness (QED) is 0.145. The van der Waals surface area contributed by atoms with Gasteiger partial charge in [0.2, 0.25) is 11.8 Å². The second kappa shape index (κ2) is 19.1. The Morgan fingerprint density at radius 3 is 2.11 bits per heavy atom. The minimum Gasteiger partial charge on any atom is -0.461 e. The van der Waals surface area contributed by atoms with Crippen molar-refractivity contribution in [1.29, 1.82) is 0 Å². The van der Waals surface area contributed by atoms with Gasteiger partial charge in [0, 0.05) is 26.2 Å². The van der Waals surface area contributed by atoms with E-state index < -0.39 is 35.7 Å². The van der Waals surface area contributed by atoms with Gasteiger partial charge in [-0.05, 0) is 64.0 Å². The van der Waals surface area contributed by atoms with Gasteiger partial charge in [0.15, 0.2) is 0 Å². The number of carbonyl (C=O) groups excluding carboxylic acids is 5. The fourth-order valence-electron chi connectivity index (χ4n) is 5.00. The number of alkyl carbamates (subject to hydrolysis) is 2. The Morgan fingerprint density at radius 1 is 0.830 bits per heavy atom. The summed E-state index contributed by atoms with van der Waals surface area (Å²) in [5.74, 6) is -1.39. The van der Waals surface area contributed by atoms with Crippen molar-refractivity contribution < 1.29 is 38.2 Å². The van der Waals surface area contributed by atoms with Gasteiger partial charge in [0.05, 0.1) is 12.3 Å². The largest absolute Gasteiger partial charge is 0.461 e. The summed E-state index contributed by atoms with van der Waals surface area (Å²) < 4.78 is 15.9. The molecule has 12 heteroatoms. The number of carbonyl (C=O) groups is 5. The summed E-state index contributed by atoms with van der Waals surface area (Å²) in [7, 11) is 0. The van der Waals surface area contributed by atoms with Crippen molar-refractivity contribution >= 4 is 30.0 Å². The van der Waals surface area contributed by atoms with E-state index in [-0.39, 0.29) is 44.5 Å². The van der Waals surface area contributed by atoms with Gasteiger partial charge in [-0.3, -0.25) is 14.4 Å². The van der Waals surface area contributed by atoms with Gasteiger partial charge in [-0.25, -0.2) is 9.59 Å². The van der Waals surface area contributed by atoms with Crippen LogP contribution in [-0.4, -0.2) is 72.7 Å². The summed E-state index contributed by atoms with van der Waals surface area (Å²) in [6.45, 7) is 6.68. The zero-order chi connectivity index (χ0) is 34.1. The number of ether oxygens (including phenoxy) is 3. The second-order valence-electron chi connectivity index (χ2n) is 12.5. The van der Waals surface area contributed by atoms with Gasteiger partial charge in [0.1, 0.15) is 24.9 Å². The molecule has 1 heterocycles. The van der Waals surface area contributed by atoms with Crippen LogP contribution in [0.1, 0.15) is 70.4 Å². The van der Waals surface area contributed by atoms with Crippen LogP contribution in [0.15, 0.2) is 60.7 Å². The maximum absolute atomic E-state index is 13.6. The van der Waals surface area contributed by atoms with Crippen LogP contribution in [0.4, 0.5) is 9.59 Å². The highest BCUT2D eigenvalue weighted by Crippen LogP contribution is 2.19. The Balaban J connectivity index is 1.44. The minimum atomic E-state index is -0.865. The number of likely N-dealkylation sites (tertiary alicyclic amines) is 1. The second-order valence-corrected chi connectivity index (χ2v) is 12.5. The minimum absolute atomic E-state index is 0.0371. The highest BCUT2D eigenvalue weighted by molar-refractivity contribution is 5.87. The standard InChI is InChI=1S/C35H48N4O8/c1-35(2,3)47-34(44)38-29(18-10-11-20-37-33(43)46-25-27-15-8-5-9-16-27)32(42)39-22-12-17-28(23-39)31(41)36-21-19-30(40)45-24-26-13-6-4-7-14-26/h4-9,13-16,28-29H,10-12,17-25H2,1-3H3,(H,36,41)(H,37,43)(H,38,44)/t28-,29-/m1/s1. The molecule has 3 N–H and O–H groups in total. The maximum Gasteiger partial charge on any atom is 0.408 e. The number of piperidine rings is 1. The Labute approximate surface area is 276 Å². The first-order valence-electron chi connectivity index (χ1n) is 16.2. The van der Waals surface area contributed by atoms with Crippen LogP contribution < -0.4 is 16.0 Å². The van der Waals surface area contributed by atoms with Crippen molar-refractivity contribution in [3.8, 4) is 0 Å². The fourth-order valence-corrected chi connectivity index (χ4v) is 5.00. The van der Waals surface area contributed by atoms with E-state index in [9.17, 15) is 24.0 Å². The highest BCUT2D eigenvalue weighted by Gasteiger charge is 2.33. The zero-order valence-electron chi connectivity index (χ0n) is 27.6. The molecule has 3 rings (SSSR count). The van der Waals surface area contributed by atoms with E-state index >= 15 is 0 Å². The van der Waals surface area contributed by atoms with Crippen LogP contribution in [0.25, 0.3) is 0 Å². The van der Waals surface area contributed by atoms with Crippen molar-refractivity contribution in [1.82, 2.24) is 20.9 Å². The molecule has 0 unspecified atom stereocenters. The Hall–Kier alpha value is -4.61. The van der Waals surface area contributed by atoms with E-state index in [0.717, 1.165) is 11.1 Å².